The van der Waals surface area contributed by atoms with Crippen molar-refractivity contribution in [3.8, 4) is 5.75 Å². The molecule has 0 fully saturated rings. The number of primary sulfonamides is 1. The first-order valence-electron chi connectivity index (χ1n) is 6.32. The molecule has 0 bridgehead atoms. The van der Waals surface area contributed by atoms with E-state index in [9.17, 15) is 8.42 Å². The Labute approximate surface area is 115 Å². The summed E-state index contributed by atoms with van der Waals surface area (Å²) in [5.41, 5.74) is 0.836. The lowest BCUT2D eigenvalue weighted by molar-refractivity contribution is 0.298. The van der Waals surface area contributed by atoms with Gasteiger partial charge in [0, 0.05) is 0 Å². The zero-order chi connectivity index (χ0) is 14.3. The molecule has 0 aromatic heterocycles. The van der Waals surface area contributed by atoms with E-state index in [1.54, 1.807) is 6.07 Å². The monoisotopic (exact) mass is 283 g/mol. The lowest BCUT2D eigenvalue weighted by Crippen LogP contribution is -2.14. The smallest absolute Gasteiger partial charge is 0.241 e. The van der Waals surface area contributed by atoms with Gasteiger partial charge < -0.3 is 4.74 Å². The number of rotatable bonds is 8. The van der Waals surface area contributed by atoms with Crippen molar-refractivity contribution in [2.45, 2.75) is 37.5 Å². The molecule has 19 heavy (non-hydrogen) atoms. The lowest BCUT2D eigenvalue weighted by atomic mass is 10.2. The molecule has 1 aromatic carbocycles. The standard InChI is InChI=1S/C14H21NO3S/c1-3-4-5-6-7-10-18-13-9-8-12(2)11-14(13)19(15,16)17/h3,8-9,11H,1,4-7,10H2,2H3,(H2,15,16,17). The van der Waals surface area contributed by atoms with Crippen LogP contribution < -0.4 is 9.88 Å². The topological polar surface area (TPSA) is 69.4 Å². The van der Waals surface area contributed by atoms with E-state index < -0.39 is 10.0 Å². The van der Waals surface area contributed by atoms with E-state index >= 15 is 0 Å². The first kappa shape index (κ1) is 15.7. The fraction of sp³-hybridized carbons (Fsp3) is 0.429. The Morgan fingerprint density at radius 2 is 2.05 bits per heavy atom. The van der Waals surface area contributed by atoms with Gasteiger partial charge >= 0.3 is 0 Å². The van der Waals surface area contributed by atoms with Crippen LogP contribution >= 0.6 is 0 Å². The summed E-state index contributed by atoms with van der Waals surface area (Å²) in [6, 6.07) is 4.99. The van der Waals surface area contributed by atoms with Crippen LogP contribution in [0, 0.1) is 6.92 Å². The molecule has 0 aliphatic heterocycles. The van der Waals surface area contributed by atoms with Crippen molar-refractivity contribution in [1.82, 2.24) is 0 Å². The van der Waals surface area contributed by atoms with Crippen molar-refractivity contribution in [2.24, 2.45) is 5.14 Å². The maximum Gasteiger partial charge on any atom is 0.241 e. The Balaban J connectivity index is 2.61. The average molecular weight is 283 g/mol. The number of hydrogen-bond donors (Lipinski definition) is 1. The normalized spacial score (nSPS) is 11.3. The van der Waals surface area contributed by atoms with Gasteiger partial charge in [0.1, 0.15) is 10.6 Å². The predicted molar refractivity (Wildman–Crippen MR) is 76.7 cm³/mol. The summed E-state index contributed by atoms with van der Waals surface area (Å²) in [6.45, 7) is 5.96. The number of nitrogens with two attached hydrogens (primary N) is 1. The second kappa shape index (κ2) is 7.31. The maximum absolute atomic E-state index is 11.5. The van der Waals surface area contributed by atoms with Gasteiger partial charge in [-0.3, -0.25) is 0 Å². The van der Waals surface area contributed by atoms with Gasteiger partial charge in [0.05, 0.1) is 6.61 Å². The van der Waals surface area contributed by atoms with Crippen molar-refractivity contribution < 1.29 is 13.2 Å². The summed E-state index contributed by atoms with van der Waals surface area (Å²) in [5.74, 6) is 0.330. The van der Waals surface area contributed by atoms with Gasteiger partial charge in [-0.2, -0.15) is 0 Å². The van der Waals surface area contributed by atoms with Gasteiger partial charge in [0.25, 0.3) is 0 Å². The minimum Gasteiger partial charge on any atom is -0.492 e. The molecule has 106 valence electrons. The van der Waals surface area contributed by atoms with E-state index in [4.69, 9.17) is 9.88 Å². The lowest BCUT2D eigenvalue weighted by Gasteiger charge is -2.10. The quantitative estimate of drug-likeness (QED) is 0.589. The van der Waals surface area contributed by atoms with E-state index in [2.05, 4.69) is 6.58 Å². The number of hydrogen-bond acceptors (Lipinski definition) is 3. The summed E-state index contributed by atoms with van der Waals surface area (Å²) in [5, 5.41) is 5.18. The summed E-state index contributed by atoms with van der Waals surface area (Å²) in [4.78, 5) is 0.0543. The third-order valence-electron chi connectivity index (χ3n) is 2.72. The molecule has 0 amide bonds. The number of aryl methyl sites for hydroxylation is 1. The van der Waals surface area contributed by atoms with Crippen molar-refractivity contribution in [1.29, 1.82) is 0 Å². The molecule has 1 rings (SSSR count). The Hall–Kier alpha value is -1.33. The van der Waals surface area contributed by atoms with Crippen LogP contribution in [0.4, 0.5) is 0 Å². The van der Waals surface area contributed by atoms with E-state index in [-0.39, 0.29) is 4.90 Å². The van der Waals surface area contributed by atoms with Crippen LogP contribution in [0.15, 0.2) is 35.7 Å². The highest BCUT2D eigenvalue weighted by atomic mass is 32.2. The summed E-state index contributed by atoms with van der Waals surface area (Å²) in [6.07, 6.45) is 5.87. The number of benzene rings is 1. The molecule has 0 atom stereocenters. The molecule has 0 aliphatic carbocycles. The highest BCUT2D eigenvalue weighted by Crippen LogP contribution is 2.24. The number of unbranched alkanes of at least 4 members (excludes halogenated alkanes) is 3. The van der Waals surface area contributed by atoms with Crippen molar-refractivity contribution in [2.75, 3.05) is 6.61 Å². The molecule has 0 radical (unpaired) electrons. The van der Waals surface area contributed by atoms with Crippen molar-refractivity contribution in [3.63, 3.8) is 0 Å². The number of allylic oxidation sites excluding steroid dienone is 1. The van der Waals surface area contributed by atoms with Gasteiger partial charge in [0.2, 0.25) is 10.0 Å². The minimum absolute atomic E-state index is 0.0543. The van der Waals surface area contributed by atoms with Crippen LogP contribution in [-0.2, 0) is 10.0 Å². The zero-order valence-electron chi connectivity index (χ0n) is 11.3. The average Bonchev–Trinajstić information content (AvgIpc) is 2.34. The second-order valence-electron chi connectivity index (χ2n) is 4.48. The largest absolute Gasteiger partial charge is 0.492 e. The Bertz CT molecular complexity index is 523. The predicted octanol–water partition coefficient (Wildman–Crippen LogP) is 2.77. The molecule has 0 saturated heterocycles. The Morgan fingerprint density at radius 3 is 2.68 bits per heavy atom. The highest BCUT2D eigenvalue weighted by molar-refractivity contribution is 7.89. The number of ether oxygens (including phenoxy) is 1. The van der Waals surface area contributed by atoms with Gasteiger partial charge in [0.15, 0.2) is 0 Å². The van der Waals surface area contributed by atoms with Crippen LogP contribution in [0.3, 0.4) is 0 Å². The summed E-state index contributed by atoms with van der Waals surface area (Å²) >= 11 is 0. The second-order valence-corrected chi connectivity index (χ2v) is 6.01. The van der Waals surface area contributed by atoms with E-state index in [0.717, 1.165) is 31.2 Å². The van der Waals surface area contributed by atoms with Gasteiger partial charge in [-0.25, -0.2) is 13.6 Å². The zero-order valence-corrected chi connectivity index (χ0v) is 12.1. The molecular formula is C14H21NO3S. The fourth-order valence-electron chi connectivity index (χ4n) is 1.71. The molecule has 4 nitrogen and oxygen atoms in total. The van der Waals surface area contributed by atoms with Gasteiger partial charge in [-0.1, -0.05) is 12.1 Å². The summed E-state index contributed by atoms with van der Waals surface area (Å²) in [7, 11) is -3.75. The molecule has 0 spiro atoms. The molecule has 0 saturated carbocycles. The van der Waals surface area contributed by atoms with Gasteiger partial charge in [-0.15, -0.1) is 6.58 Å². The fourth-order valence-corrected chi connectivity index (χ4v) is 2.46. The van der Waals surface area contributed by atoms with Crippen LogP contribution in [0.25, 0.3) is 0 Å². The number of sulfonamides is 1. The van der Waals surface area contributed by atoms with Crippen LogP contribution in [0.2, 0.25) is 0 Å². The molecule has 0 aliphatic rings. The van der Waals surface area contributed by atoms with Crippen molar-refractivity contribution >= 4 is 10.0 Å². The first-order chi connectivity index (χ1) is 8.95. The molecule has 0 unspecified atom stereocenters. The molecule has 0 heterocycles. The van der Waals surface area contributed by atoms with Crippen molar-refractivity contribution in [3.05, 3.63) is 36.4 Å². The molecule has 2 N–H and O–H groups in total. The van der Waals surface area contributed by atoms with E-state index in [0.29, 0.717) is 12.4 Å². The summed E-state index contributed by atoms with van der Waals surface area (Å²) < 4.78 is 28.4. The Kier molecular flexibility index (Phi) is 6.05. The highest BCUT2D eigenvalue weighted by Gasteiger charge is 2.15. The van der Waals surface area contributed by atoms with E-state index in [1.807, 2.05) is 19.1 Å². The third kappa shape index (κ3) is 5.44. The van der Waals surface area contributed by atoms with Crippen LogP contribution in [0.1, 0.15) is 31.2 Å². The third-order valence-corrected chi connectivity index (χ3v) is 3.65. The molecule has 1 aromatic rings. The molecule has 5 heteroatoms. The minimum atomic E-state index is -3.75. The molecular weight excluding hydrogens is 262 g/mol. The van der Waals surface area contributed by atoms with Crippen LogP contribution in [0.5, 0.6) is 5.75 Å². The van der Waals surface area contributed by atoms with Gasteiger partial charge in [-0.05, 0) is 50.3 Å². The maximum atomic E-state index is 11.5. The first-order valence-corrected chi connectivity index (χ1v) is 7.87. The SMILES string of the molecule is C=CCCCCCOc1ccc(C)cc1S(N)(=O)=O. The Morgan fingerprint density at radius 1 is 1.32 bits per heavy atom. The van der Waals surface area contributed by atoms with Crippen LogP contribution in [-0.4, -0.2) is 15.0 Å². The van der Waals surface area contributed by atoms with E-state index in [1.165, 1.54) is 6.07 Å².